The van der Waals surface area contributed by atoms with Gasteiger partial charge in [-0.25, -0.2) is 4.99 Å². The lowest BCUT2D eigenvalue weighted by molar-refractivity contribution is -0.113. The van der Waals surface area contributed by atoms with Gasteiger partial charge < -0.3 is 4.42 Å². The van der Waals surface area contributed by atoms with Gasteiger partial charge in [-0.05, 0) is 90.3 Å². The maximum atomic E-state index is 13.6. The first-order valence-corrected chi connectivity index (χ1v) is 13.6. The fourth-order valence-electron chi connectivity index (χ4n) is 3.94. The van der Waals surface area contributed by atoms with Crippen molar-refractivity contribution >= 4 is 63.5 Å². The van der Waals surface area contributed by atoms with Crippen molar-refractivity contribution in [3.05, 3.63) is 111 Å². The molecule has 4 aromatic rings. The van der Waals surface area contributed by atoms with Crippen LogP contribution in [0.3, 0.4) is 0 Å². The molecular formula is C30H24Cl2N2O2S. The number of hydrogen-bond acceptors (Lipinski definition) is 4. The Labute approximate surface area is 230 Å². The van der Waals surface area contributed by atoms with Crippen LogP contribution in [0.5, 0.6) is 0 Å². The quantitative estimate of drug-likeness (QED) is 0.226. The predicted molar refractivity (Wildman–Crippen MR) is 156 cm³/mol. The van der Waals surface area contributed by atoms with Gasteiger partial charge in [-0.3, -0.25) is 9.69 Å². The van der Waals surface area contributed by atoms with E-state index in [1.54, 1.807) is 23.1 Å². The topological polar surface area (TPSA) is 45.8 Å². The number of carbonyl (C=O) groups is 1. The fraction of sp³-hybridized carbons (Fsp3) is 0.133. The van der Waals surface area contributed by atoms with E-state index in [9.17, 15) is 4.79 Å². The molecule has 0 N–H and O–H groups in total. The Morgan fingerprint density at radius 3 is 2.19 bits per heavy atom. The van der Waals surface area contributed by atoms with Gasteiger partial charge in [0.15, 0.2) is 5.17 Å². The Kier molecular flexibility index (Phi) is 7.56. The van der Waals surface area contributed by atoms with Gasteiger partial charge in [-0.2, -0.15) is 0 Å². The molecule has 0 atom stereocenters. The van der Waals surface area contributed by atoms with Crippen LogP contribution in [0.25, 0.3) is 17.4 Å². The number of benzene rings is 3. The number of anilines is 1. The third-order valence-corrected chi connectivity index (χ3v) is 7.79. The summed E-state index contributed by atoms with van der Waals surface area (Å²) in [5.41, 5.74) is 4.82. The van der Waals surface area contributed by atoms with Crippen LogP contribution in [0.2, 0.25) is 10.0 Å². The maximum Gasteiger partial charge on any atom is 0.271 e. The molecule has 1 saturated heterocycles. The maximum absolute atomic E-state index is 13.6. The predicted octanol–water partition coefficient (Wildman–Crippen LogP) is 9.19. The van der Waals surface area contributed by atoms with Crippen molar-refractivity contribution in [3.63, 3.8) is 0 Å². The highest BCUT2D eigenvalue weighted by Gasteiger charge is 2.35. The molecule has 1 fully saturated rings. The Morgan fingerprint density at radius 1 is 0.865 bits per heavy atom. The molecule has 2 heterocycles. The molecular weight excluding hydrogens is 523 g/mol. The Morgan fingerprint density at radius 2 is 1.54 bits per heavy atom. The molecule has 0 radical (unpaired) electrons. The van der Waals surface area contributed by atoms with Gasteiger partial charge >= 0.3 is 0 Å². The zero-order valence-corrected chi connectivity index (χ0v) is 22.7. The van der Waals surface area contributed by atoms with Crippen molar-refractivity contribution < 1.29 is 9.21 Å². The molecule has 4 nitrogen and oxygen atoms in total. The van der Waals surface area contributed by atoms with Gasteiger partial charge in [0, 0.05) is 11.6 Å². The Hall–Kier alpha value is -3.25. The number of amides is 1. The lowest BCUT2D eigenvalue weighted by Gasteiger charge is -2.16. The molecule has 7 heteroatoms. The van der Waals surface area contributed by atoms with Gasteiger partial charge in [-0.1, -0.05) is 61.3 Å². The summed E-state index contributed by atoms with van der Waals surface area (Å²) in [6, 6.07) is 25.1. The first kappa shape index (κ1) is 25.4. The second-order valence-corrected chi connectivity index (χ2v) is 10.3. The number of rotatable bonds is 6. The second-order valence-electron chi connectivity index (χ2n) is 8.52. The number of furan rings is 1. The molecule has 1 aliphatic rings. The number of carbonyl (C=O) groups excluding carboxylic acids is 1. The lowest BCUT2D eigenvalue weighted by Crippen LogP contribution is -2.28. The highest BCUT2D eigenvalue weighted by atomic mass is 35.5. The number of thioether (sulfide) groups is 1. The van der Waals surface area contributed by atoms with Crippen molar-refractivity contribution in [2.45, 2.75) is 26.7 Å². The van der Waals surface area contributed by atoms with Crippen LogP contribution in [0.4, 0.5) is 11.4 Å². The summed E-state index contributed by atoms with van der Waals surface area (Å²) in [7, 11) is 0. The minimum absolute atomic E-state index is 0.148. The minimum Gasteiger partial charge on any atom is -0.457 e. The molecule has 1 aromatic heterocycles. The van der Waals surface area contributed by atoms with Crippen LogP contribution < -0.4 is 4.90 Å². The SMILES string of the molecule is CCc1ccc(N=C2S/C(=C/c3ccc(-c4ccc(Cl)c(Cl)c4)o3)C(=O)N2c2ccc(CC)cc2)cc1. The van der Waals surface area contributed by atoms with Crippen LogP contribution in [-0.2, 0) is 17.6 Å². The highest BCUT2D eigenvalue weighted by Crippen LogP contribution is 2.38. The van der Waals surface area contributed by atoms with Crippen LogP contribution in [0.15, 0.2) is 93.2 Å². The largest absolute Gasteiger partial charge is 0.457 e. The fourth-order valence-corrected chi connectivity index (χ4v) is 5.22. The Balaban J connectivity index is 1.49. The number of amidine groups is 1. The summed E-state index contributed by atoms with van der Waals surface area (Å²) < 4.78 is 6.02. The smallest absolute Gasteiger partial charge is 0.271 e. The number of aliphatic imine (C=N–C) groups is 1. The van der Waals surface area contributed by atoms with Crippen LogP contribution in [-0.4, -0.2) is 11.1 Å². The van der Waals surface area contributed by atoms with Gasteiger partial charge in [0.05, 0.1) is 26.3 Å². The zero-order chi connectivity index (χ0) is 25.9. The van der Waals surface area contributed by atoms with E-state index in [1.165, 1.54) is 22.9 Å². The summed E-state index contributed by atoms with van der Waals surface area (Å²) in [5.74, 6) is 1.05. The summed E-state index contributed by atoms with van der Waals surface area (Å²) in [4.78, 5) is 20.6. The molecule has 0 unspecified atom stereocenters. The van der Waals surface area contributed by atoms with E-state index < -0.39 is 0 Å². The van der Waals surface area contributed by atoms with Gasteiger partial charge in [0.2, 0.25) is 0 Å². The average molecular weight is 548 g/mol. The molecule has 0 bridgehead atoms. The minimum atomic E-state index is -0.148. The molecule has 0 aliphatic carbocycles. The summed E-state index contributed by atoms with van der Waals surface area (Å²) in [5, 5.41) is 1.53. The first-order valence-electron chi connectivity index (χ1n) is 12.0. The Bertz CT molecular complexity index is 1510. The second kappa shape index (κ2) is 11.0. The van der Waals surface area contributed by atoms with Crippen LogP contribution >= 0.6 is 35.0 Å². The molecule has 0 spiro atoms. The molecule has 1 aliphatic heterocycles. The molecule has 37 heavy (non-hydrogen) atoms. The van der Waals surface area contributed by atoms with Crippen LogP contribution in [0, 0.1) is 0 Å². The lowest BCUT2D eigenvalue weighted by atomic mass is 10.1. The summed E-state index contributed by atoms with van der Waals surface area (Å²) >= 11 is 13.5. The van der Waals surface area contributed by atoms with Crippen molar-refractivity contribution in [3.8, 4) is 11.3 Å². The van der Waals surface area contributed by atoms with E-state index in [0.717, 1.165) is 29.8 Å². The average Bonchev–Trinajstić information content (AvgIpc) is 3.50. The zero-order valence-electron chi connectivity index (χ0n) is 20.4. The standard InChI is InChI=1S/C30H24Cl2N2O2S/c1-3-19-5-10-22(11-6-19)33-30-34(23-12-7-20(4-2)8-13-23)29(35)28(37-30)18-24-14-16-27(36-24)21-9-15-25(31)26(32)17-21/h5-18H,3-4H2,1-2H3/b28-18+,33-30?. The molecule has 1 amide bonds. The molecule has 186 valence electrons. The highest BCUT2D eigenvalue weighted by molar-refractivity contribution is 8.19. The third kappa shape index (κ3) is 5.54. The summed E-state index contributed by atoms with van der Waals surface area (Å²) in [6.07, 6.45) is 3.64. The molecule has 0 saturated carbocycles. The van der Waals surface area contributed by atoms with E-state index in [2.05, 4.69) is 26.0 Å². The normalized spacial score (nSPS) is 15.8. The summed E-state index contributed by atoms with van der Waals surface area (Å²) in [6.45, 7) is 4.22. The number of aryl methyl sites for hydroxylation is 2. The van der Waals surface area contributed by atoms with Gasteiger partial charge in [0.25, 0.3) is 5.91 Å². The van der Waals surface area contributed by atoms with E-state index in [1.807, 2.05) is 54.6 Å². The van der Waals surface area contributed by atoms with E-state index in [-0.39, 0.29) is 5.91 Å². The van der Waals surface area contributed by atoms with E-state index >= 15 is 0 Å². The number of nitrogens with zero attached hydrogens (tertiary/aromatic N) is 2. The van der Waals surface area contributed by atoms with Crippen molar-refractivity contribution in [2.75, 3.05) is 4.90 Å². The van der Waals surface area contributed by atoms with Gasteiger partial charge in [-0.15, -0.1) is 0 Å². The van der Waals surface area contributed by atoms with Crippen molar-refractivity contribution in [2.24, 2.45) is 4.99 Å². The first-order chi connectivity index (χ1) is 17.9. The van der Waals surface area contributed by atoms with E-state index in [0.29, 0.717) is 31.6 Å². The van der Waals surface area contributed by atoms with E-state index in [4.69, 9.17) is 32.6 Å². The molecule has 3 aromatic carbocycles. The van der Waals surface area contributed by atoms with Crippen molar-refractivity contribution in [1.29, 1.82) is 0 Å². The van der Waals surface area contributed by atoms with Crippen molar-refractivity contribution in [1.82, 2.24) is 0 Å². The van der Waals surface area contributed by atoms with Gasteiger partial charge in [0.1, 0.15) is 11.5 Å². The number of halogens is 2. The number of hydrogen-bond donors (Lipinski definition) is 0. The van der Waals surface area contributed by atoms with Crippen LogP contribution in [0.1, 0.15) is 30.7 Å². The third-order valence-electron chi connectivity index (χ3n) is 6.08. The monoisotopic (exact) mass is 546 g/mol. The molecule has 5 rings (SSSR count).